The lowest BCUT2D eigenvalue weighted by atomic mass is 10.1. The standard InChI is InChI=1S/C14H16FN3O3/c15-12-6-10(2-1-5-19)3-4-11(12)7-18(8-13(16)20)9-14(17)21/h3-4,6,19H,5,7-9H2,(H2,16,20)(H2,17,21). The Balaban J connectivity index is 2.88. The van der Waals surface area contributed by atoms with Gasteiger partial charge in [-0.2, -0.15) is 0 Å². The zero-order valence-corrected chi connectivity index (χ0v) is 11.3. The molecule has 0 atom stereocenters. The van der Waals surface area contributed by atoms with Crippen molar-refractivity contribution in [3.63, 3.8) is 0 Å². The molecule has 1 rings (SSSR count). The molecule has 112 valence electrons. The molecule has 0 aliphatic rings. The van der Waals surface area contributed by atoms with Crippen LogP contribution in [0.4, 0.5) is 4.39 Å². The van der Waals surface area contributed by atoms with Gasteiger partial charge in [-0.25, -0.2) is 4.39 Å². The Kier molecular flexibility index (Phi) is 6.33. The minimum atomic E-state index is -0.637. The molecule has 0 heterocycles. The zero-order chi connectivity index (χ0) is 15.8. The quantitative estimate of drug-likeness (QED) is 0.581. The van der Waals surface area contributed by atoms with E-state index < -0.39 is 17.6 Å². The predicted octanol–water partition coefficient (Wildman–Crippen LogP) is -1.06. The second-order valence-electron chi connectivity index (χ2n) is 4.34. The van der Waals surface area contributed by atoms with E-state index in [-0.39, 0.29) is 31.8 Å². The minimum Gasteiger partial charge on any atom is -0.384 e. The first-order valence-electron chi connectivity index (χ1n) is 6.09. The maximum absolute atomic E-state index is 13.9. The molecule has 0 aromatic heterocycles. The molecular weight excluding hydrogens is 277 g/mol. The van der Waals surface area contributed by atoms with Crippen LogP contribution in [0, 0.1) is 17.7 Å². The van der Waals surface area contributed by atoms with Gasteiger partial charge in [-0.3, -0.25) is 14.5 Å². The average Bonchev–Trinajstić information content (AvgIpc) is 2.37. The first-order valence-corrected chi connectivity index (χ1v) is 6.09. The summed E-state index contributed by atoms with van der Waals surface area (Å²) >= 11 is 0. The van der Waals surface area contributed by atoms with Crippen molar-refractivity contribution in [3.8, 4) is 11.8 Å². The summed E-state index contributed by atoms with van der Waals surface area (Å²) in [6, 6.07) is 4.28. The molecule has 0 fully saturated rings. The number of benzene rings is 1. The number of carbonyl (C=O) groups excluding carboxylic acids is 2. The van der Waals surface area contributed by atoms with Crippen LogP contribution in [0.1, 0.15) is 11.1 Å². The summed E-state index contributed by atoms with van der Waals surface area (Å²) in [6.07, 6.45) is 0. The molecule has 1 aromatic carbocycles. The van der Waals surface area contributed by atoms with E-state index in [0.29, 0.717) is 5.56 Å². The van der Waals surface area contributed by atoms with Gasteiger partial charge in [-0.1, -0.05) is 17.9 Å². The molecule has 1 aromatic rings. The topological polar surface area (TPSA) is 110 Å². The smallest absolute Gasteiger partial charge is 0.231 e. The molecule has 7 heteroatoms. The number of halogens is 1. The Morgan fingerprint density at radius 1 is 1.24 bits per heavy atom. The van der Waals surface area contributed by atoms with Crippen LogP contribution in [0.15, 0.2) is 18.2 Å². The first-order chi connectivity index (χ1) is 9.92. The lowest BCUT2D eigenvalue weighted by molar-refractivity contribution is -0.122. The van der Waals surface area contributed by atoms with Crippen LogP contribution in [-0.4, -0.2) is 41.5 Å². The summed E-state index contributed by atoms with van der Waals surface area (Å²) in [4.78, 5) is 23.2. The van der Waals surface area contributed by atoms with Crippen LogP contribution >= 0.6 is 0 Å². The number of aliphatic hydroxyl groups excluding tert-OH is 1. The van der Waals surface area contributed by atoms with Crippen molar-refractivity contribution in [1.82, 2.24) is 4.90 Å². The fraction of sp³-hybridized carbons (Fsp3) is 0.286. The van der Waals surface area contributed by atoms with E-state index in [0.717, 1.165) is 0 Å². The van der Waals surface area contributed by atoms with E-state index in [4.69, 9.17) is 16.6 Å². The normalized spacial score (nSPS) is 10.0. The maximum atomic E-state index is 13.9. The van der Waals surface area contributed by atoms with Gasteiger partial charge in [0.25, 0.3) is 0 Å². The molecule has 21 heavy (non-hydrogen) atoms. The molecule has 0 saturated carbocycles. The summed E-state index contributed by atoms with van der Waals surface area (Å²) in [6.45, 7) is -0.692. The number of amides is 2. The number of nitrogens with two attached hydrogens (primary N) is 2. The second kappa shape index (κ2) is 7.99. The van der Waals surface area contributed by atoms with E-state index in [9.17, 15) is 14.0 Å². The third kappa shape index (κ3) is 6.03. The third-order valence-electron chi connectivity index (χ3n) is 2.52. The largest absolute Gasteiger partial charge is 0.384 e. The van der Waals surface area contributed by atoms with Crippen molar-refractivity contribution in [2.75, 3.05) is 19.7 Å². The number of hydrogen-bond acceptors (Lipinski definition) is 4. The second-order valence-corrected chi connectivity index (χ2v) is 4.34. The van der Waals surface area contributed by atoms with E-state index in [2.05, 4.69) is 11.8 Å². The summed E-state index contributed by atoms with van der Waals surface area (Å²) in [5, 5.41) is 8.58. The lowest BCUT2D eigenvalue weighted by Gasteiger charge is -2.19. The van der Waals surface area contributed by atoms with E-state index >= 15 is 0 Å². The Morgan fingerprint density at radius 2 is 1.86 bits per heavy atom. The molecule has 0 aliphatic heterocycles. The van der Waals surface area contributed by atoms with Crippen molar-refractivity contribution in [3.05, 3.63) is 35.1 Å². The zero-order valence-electron chi connectivity index (χ0n) is 11.3. The van der Waals surface area contributed by atoms with Crippen molar-refractivity contribution in [1.29, 1.82) is 0 Å². The van der Waals surface area contributed by atoms with Gasteiger partial charge in [0.15, 0.2) is 0 Å². The van der Waals surface area contributed by atoms with Gasteiger partial charge >= 0.3 is 0 Å². The molecule has 6 nitrogen and oxygen atoms in total. The highest BCUT2D eigenvalue weighted by Crippen LogP contribution is 2.12. The van der Waals surface area contributed by atoms with Gasteiger partial charge in [0.2, 0.25) is 11.8 Å². The SMILES string of the molecule is NC(=O)CN(CC(N)=O)Cc1ccc(C#CCO)cc1F. The van der Waals surface area contributed by atoms with Gasteiger partial charge in [0.05, 0.1) is 13.1 Å². The highest BCUT2D eigenvalue weighted by molar-refractivity contribution is 5.79. The van der Waals surface area contributed by atoms with Gasteiger partial charge in [-0.05, 0) is 12.1 Å². The van der Waals surface area contributed by atoms with Gasteiger partial charge in [0, 0.05) is 17.7 Å². The number of rotatable bonds is 6. The Hall–Kier alpha value is -2.43. The number of primary amides is 2. The summed E-state index contributed by atoms with van der Waals surface area (Å²) in [5.41, 5.74) is 10.8. The Bertz CT molecular complexity index is 577. The van der Waals surface area contributed by atoms with Crippen LogP contribution in [0.25, 0.3) is 0 Å². The molecule has 0 saturated heterocycles. The fourth-order valence-corrected chi connectivity index (χ4v) is 1.74. The first kappa shape index (κ1) is 16.6. The monoisotopic (exact) mass is 293 g/mol. The highest BCUT2D eigenvalue weighted by Gasteiger charge is 2.14. The number of aliphatic hydroxyl groups is 1. The van der Waals surface area contributed by atoms with Gasteiger partial charge in [-0.15, -0.1) is 0 Å². The predicted molar refractivity (Wildman–Crippen MR) is 74.0 cm³/mol. The molecule has 0 radical (unpaired) electrons. The number of hydrogen-bond donors (Lipinski definition) is 3. The van der Waals surface area contributed by atoms with Crippen LogP contribution in [0.3, 0.4) is 0 Å². The van der Waals surface area contributed by atoms with Gasteiger partial charge in [0.1, 0.15) is 12.4 Å². The fourth-order valence-electron chi connectivity index (χ4n) is 1.74. The third-order valence-corrected chi connectivity index (χ3v) is 2.52. The summed E-state index contributed by atoms with van der Waals surface area (Å²) < 4.78 is 13.9. The van der Waals surface area contributed by atoms with Crippen LogP contribution in [-0.2, 0) is 16.1 Å². The van der Waals surface area contributed by atoms with Crippen molar-refractivity contribution >= 4 is 11.8 Å². The maximum Gasteiger partial charge on any atom is 0.231 e. The van der Waals surface area contributed by atoms with E-state index in [1.165, 1.54) is 17.0 Å². The molecular formula is C14H16FN3O3. The van der Waals surface area contributed by atoms with Gasteiger partial charge < -0.3 is 16.6 Å². The molecule has 0 spiro atoms. The van der Waals surface area contributed by atoms with E-state index in [1.54, 1.807) is 6.07 Å². The average molecular weight is 293 g/mol. The highest BCUT2D eigenvalue weighted by atomic mass is 19.1. The molecule has 0 aliphatic carbocycles. The van der Waals surface area contributed by atoms with Crippen LogP contribution in [0.5, 0.6) is 0 Å². The molecule has 2 amide bonds. The number of carbonyl (C=O) groups is 2. The van der Waals surface area contributed by atoms with Crippen molar-refractivity contribution in [2.24, 2.45) is 11.5 Å². The van der Waals surface area contributed by atoms with E-state index in [1.807, 2.05) is 0 Å². The van der Waals surface area contributed by atoms with Crippen LogP contribution in [0.2, 0.25) is 0 Å². The number of nitrogens with zero attached hydrogens (tertiary/aromatic N) is 1. The molecule has 0 bridgehead atoms. The lowest BCUT2D eigenvalue weighted by Crippen LogP contribution is -2.39. The van der Waals surface area contributed by atoms with Crippen molar-refractivity contribution < 1.29 is 19.1 Å². The Labute approximate surface area is 121 Å². The Morgan fingerprint density at radius 3 is 2.33 bits per heavy atom. The van der Waals surface area contributed by atoms with Crippen LogP contribution < -0.4 is 11.5 Å². The summed E-state index contributed by atoms with van der Waals surface area (Å²) in [5.74, 6) is 3.19. The van der Waals surface area contributed by atoms with Crippen molar-refractivity contribution in [2.45, 2.75) is 6.54 Å². The molecule has 0 unspecified atom stereocenters. The minimum absolute atomic E-state index is 0.0193. The summed E-state index contributed by atoms with van der Waals surface area (Å²) in [7, 11) is 0. The molecule has 5 N–H and O–H groups in total.